The second-order valence-electron chi connectivity index (χ2n) is 4.13. The number of aromatic carboxylic acids is 1. The van der Waals surface area contributed by atoms with Crippen LogP contribution in [-0.4, -0.2) is 16.1 Å². The molecule has 4 nitrogen and oxygen atoms in total. The number of benzene rings is 1. The minimum Gasteiger partial charge on any atom is -0.487 e. The third kappa shape index (κ3) is 3.71. The summed E-state index contributed by atoms with van der Waals surface area (Å²) in [6.07, 6.45) is -3.38. The SMILES string of the molecule is O=C(O)c1ccc(COc2ccccc2C(F)(F)F)nc1. The lowest BCUT2D eigenvalue weighted by Crippen LogP contribution is -2.09. The Morgan fingerprint density at radius 1 is 1.19 bits per heavy atom. The van der Waals surface area contributed by atoms with Crippen LogP contribution in [0.4, 0.5) is 13.2 Å². The minimum absolute atomic E-state index is 0.00515. The molecule has 0 radical (unpaired) electrons. The molecule has 7 heteroatoms. The van der Waals surface area contributed by atoms with Crippen molar-refractivity contribution >= 4 is 5.97 Å². The first-order valence-electron chi connectivity index (χ1n) is 5.85. The Labute approximate surface area is 117 Å². The van der Waals surface area contributed by atoms with Crippen LogP contribution in [0.1, 0.15) is 21.6 Å². The number of alkyl halides is 3. The highest BCUT2D eigenvalue weighted by molar-refractivity contribution is 5.87. The highest BCUT2D eigenvalue weighted by Crippen LogP contribution is 2.36. The van der Waals surface area contributed by atoms with Crippen LogP contribution in [0.15, 0.2) is 42.6 Å². The first kappa shape index (κ1) is 14.8. The number of aromatic nitrogens is 1. The molecule has 0 aliphatic rings. The predicted octanol–water partition coefficient (Wildman–Crippen LogP) is 3.38. The maximum atomic E-state index is 12.8. The second kappa shape index (κ2) is 5.82. The quantitative estimate of drug-likeness (QED) is 0.940. The number of carboxylic acid groups (broad SMARTS) is 1. The van der Waals surface area contributed by atoms with Gasteiger partial charge in [-0.25, -0.2) is 4.79 Å². The fourth-order valence-corrected chi connectivity index (χ4v) is 1.61. The van der Waals surface area contributed by atoms with E-state index in [1.165, 1.54) is 30.3 Å². The van der Waals surface area contributed by atoms with Gasteiger partial charge in [-0.1, -0.05) is 12.1 Å². The molecule has 110 valence electrons. The molecule has 0 aliphatic carbocycles. The molecule has 0 atom stereocenters. The Bertz CT molecular complexity index is 639. The molecule has 0 fully saturated rings. The zero-order valence-corrected chi connectivity index (χ0v) is 10.6. The maximum absolute atomic E-state index is 12.8. The van der Waals surface area contributed by atoms with Gasteiger partial charge in [-0.2, -0.15) is 13.2 Å². The van der Waals surface area contributed by atoms with Gasteiger partial charge in [0.25, 0.3) is 0 Å². The molecule has 0 saturated heterocycles. The maximum Gasteiger partial charge on any atom is 0.419 e. The first-order valence-corrected chi connectivity index (χ1v) is 5.85. The van der Waals surface area contributed by atoms with Gasteiger partial charge >= 0.3 is 12.1 Å². The predicted molar refractivity (Wildman–Crippen MR) is 67.0 cm³/mol. The fourth-order valence-electron chi connectivity index (χ4n) is 1.61. The van der Waals surface area contributed by atoms with Gasteiger partial charge in [-0.3, -0.25) is 4.98 Å². The van der Waals surface area contributed by atoms with Gasteiger partial charge in [0.1, 0.15) is 12.4 Å². The number of carbonyl (C=O) groups is 1. The average Bonchev–Trinajstić information content (AvgIpc) is 2.45. The lowest BCUT2D eigenvalue weighted by atomic mass is 10.2. The topological polar surface area (TPSA) is 59.4 Å². The van der Waals surface area contributed by atoms with Gasteiger partial charge in [-0.15, -0.1) is 0 Å². The molecular weight excluding hydrogens is 287 g/mol. The molecule has 0 amide bonds. The molecule has 0 saturated carbocycles. The normalized spacial score (nSPS) is 11.2. The number of rotatable bonds is 4. The van der Waals surface area contributed by atoms with E-state index in [1.807, 2.05) is 0 Å². The van der Waals surface area contributed by atoms with Crippen molar-refractivity contribution in [3.63, 3.8) is 0 Å². The van der Waals surface area contributed by atoms with Crippen molar-refractivity contribution < 1.29 is 27.8 Å². The summed E-state index contributed by atoms with van der Waals surface area (Å²) >= 11 is 0. The van der Waals surface area contributed by atoms with Crippen LogP contribution in [0.2, 0.25) is 0 Å². The molecule has 21 heavy (non-hydrogen) atoms. The molecular formula is C14H10F3NO3. The van der Waals surface area contributed by atoms with Gasteiger partial charge in [-0.05, 0) is 24.3 Å². The average molecular weight is 297 g/mol. The monoisotopic (exact) mass is 297 g/mol. The van der Waals surface area contributed by atoms with E-state index in [-0.39, 0.29) is 17.9 Å². The minimum atomic E-state index is -4.50. The molecule has 0 unspecified atom stereocenters. The zero-order valence-electron chi connectivity index (χ0n) is 10.6. The summed E-state index contributed by atoms with van der Waals surface area (Å²) in [4.78, 5) is 14.5. The van der Waals surface area contributed by atoms with Crippen molar-refractivity contribution in [2.45, 2.75) is 12.8 Å². The summed E-state index contributed by atoms with van der Waals surface area (Å²) in [5.41, 5.74) is -0.543. The summed E-state index contributed by atoms with van der Waals surface area (Å²) in [6, 6.07) is 7.55. The third-order valence-corrected chi connectivity index (χ3v) is 2.64. The van der Waals surface area contributed by atoms with Gasteiger partial charge in [0.2, 0.25) is 0 Å². The Hall–Kier alpha value is -2.57. The van der Waals surface area contributed by atoms with Crippen LogP contribution >= 0.6 is 0 Å². The first-order chi connectivity index (χ1) is 9.88. The lowest BCUT2D eigenvalue weighted by Gasteiger charge is -2.13. The number of hydrogen-bond donors (Lipinski definition) is 1. The van der Waals surface area contributed by atoms with Crippen LogP contribution in [0.5, 0.6) is 5.75 Å². The molecule has 1 aromatic heterocycles. The Morgan fingerprint density at radius 2 is 1.90 bits per heavy atom. The number of ether oxygens (including phenoxy) is 1. The van der Waals surface area contributed by atoms with Crippen LogP contribution in [0.3, 0.4) is 0 Å². The molecule has 0 bridgehead atoms. The van der Waals surface area contributed by atoms with Crippen LogP contribution in [-0.2, 0) is 12.8 Å². The number of para-hydroxylation sites is 1. The number of hydrogen-bond acceptors (Lipinski definition) is 3. The largest absolute Gasteiger partial charge is 0.487 e. The fraction of sp³-hybridized carbons (Fsp3) is 0.143. The third-order valence-electron chi connectivity index (χ3n) is 2.64. The van der Waals surface area contributed by atoms with E-state index in [1.54, 1.807) is 0 Å². The van der Waals surface area contributed by atoms with Crippen molar-refractivity contribution in [3.05, 3.63) is 59.4 Å². The van der Waals surface area contributed by atoms with Crippen molar-refractivity contribution in [1.29, 1.82) is 0 Å². The van der Waals surface area contributed by atoms with Gasteiger partial charge in [0.05, 0.1) is 16.8 Å². The summed E-state index contributed by atoms with van der Waals surface area (Å²) in [5, 5.41) is 8.71. The molecule has 2 aromatic rings. The van der Waals surface area contributed by atoms with Gasteiger partial charge in [0, 0.05) is 6.20 Å². The molecule has 1 aromatic carbocycles. The van der Waals surface area contributed by atoms with Crippen molar-refractivity contribution in [2.24, 2.45) is 0 Å². The molecule has 2 rings (SSSR count). The molecule has 0 aliphatic heterocycles. The second-order valence-corrected chi connectivity index (χ2v) is 4.13. The summed E-state index contributed by atoms with van der Waals surface area (Å²) in [5.74, 6) is -1.42. The van der Waals surface area contributed by atoms with E-state index in [2.05, 4.69) is 4.98 Å². The van der Waals surface area contributed by atoms with Crippen LogP contribution in [0.25, 0.3) is 0 Å². The van der Waals surface area contributed by atoms with Crippen molar-refractivity contribution in [2.75, 3.05) is 0 Å². The van der Waals surface area contributed by atoms with E-state index >= 15 is 0 Å². The van der Waals surface area contributed by atoms with E-state index in [9.17, 15) is 18.0 Å². The highest BCUT2D eigenvalue weighted by atomic mass is 19.4. The number of pyridine rings is 1. The molecule has 0 spiro atoms. The molecule has 1 N–H and O–H groups in total. The van der Waals surface area contributed by atoms with E-state index in [4.69, 9.17) is 9.84 Å². The van der Waals surface area contributed by atoms with E-state index in [0.717, 1.165) is 12.3 Å². The lowest BCUT2D eigenvalue weighted by molar-refractivity contribution is -0.139. The smallest absolute Gasteiger partial charge is 0.419 e. The highest BCUT2D eigenvalue weighted by Gasteiger charge is 2.33. The summed E-state index contributed by atoms with van der Waals surface area (Å²) < 4.78 is 43.4. The van der Waals surface area contributed by atoms with Crippen molar-refractivity contribution in [3.8, 4) is 5.75 Å². The number of nitrogens with zero attached hydrogens (tertiary/aromatic N) is 1. The standard InChI is InChI=1S/C14H10F3NO3/c15-14(16,17)11-3-1-2-4-12(11)21-8-10-6-5-9(7-18-10)13(19)20/h1-7H,8H2,(H,19,20). The molecule has 1 heterocycles. The van der Waals surface area contributed by atoms with E-state index < -0.39 is 17.7 Å². The summed E-state index contributed by atoms with van der Waals surface area (Å²) in [6.45, 7) is -0.188. The Morgan fingerprint density at radius 3 is 2.48 bits per heavy atom. The Balaban J connectivity index is 2.12. The number of carboxylic acids is 1. The van der Waals surface area contributed by atoms with Crippen LogP contribution in [0, 0.1) is 0 Å². The van der Waals surface area contributed by atoms with Gasteiger partial charge < -0.3 is 9.84 Å². The summed E-state index contributed by atoms with van der Waals surface area (Å²) in [7, 11) is 0. The van der Waals surface area contributed by atoms with Crippen LogP contribution < -0.4 is 4.74 Å². The van der Waals surface area contributed by atoms with Gasteiger partial charge in [0.15, 0.2) is 0 Å². The zero-order chi connectivity index (χ0) is 15.5. The number of halogens is 3. The Kier molecular flexibility index (Phi) is 4.11. The van der Waals surface area contributed by atoms with E-state index in [0.29, 0.717) is 5.69 Å². The van der Waals surface area contributed by atoms with Crippen molar-refractivity contribution in [1.82, 2.24) is 4.98 Å².